The van der Waals surface area contributed by atoms with Gasteiger partial charge in [0.05, 0.1) is 6.10 Å². The zero-order chi connectivity index (χ0) is 15.6. The van der Waals surface area contributed by atoms with Crippen LogP contribution in [0, 0.1) is 0 Å². The van der Waals surface area contributed by atoms with Gasteiger partial charge in [-0.3, -0.25) is 14.5 Å². The number of nitrogens with one attached hydrogen (secondary N) is 1. The Hall–Kier alpha value is -2.04. The quantitative estimate of drug-likeness (QED) is 0.924. The monoisotopic (exact) mass is 290 g/mol. The summed E-state index contributed by atoms with van der Waals surface area (Å²) in [5.74, 6) is 0.565. The average Bonchev–Trinajstić information content (AvgIpc) is 2.43. The molecule has 0 bridgehead atoms. The third kappa shape index (κ3) is 3.17. The van der Waals surface area contributed by atoms with Crippen LogP contribution in [0.2, 0.25) is 0 Å². The van der Waals surface area contributed by atoms with E-state index in [0.717, 1.165) is 11.4 Å². The van der Waals surface area contributed by atoms with Gasteiger partial charge < -0.3 is 10.1 Å². The Morgan fingerprint density at radius 1 is 1.24 bits per heavy atom. The molecule has 0 spiro atoms. The van der Waals surface area contributed by atoms with Crippen LogP contribution in [0.15, 0.2) is 24.3 Å². The number of benzene rings is 1. The molecule has 1 aromatic carbocycles. The van der Waals surface area contributed by atoms with Crippen LogP contribution >= 0.6 is 0 Å². The van der Waals surface area contributed by atoms with E-state index in [1.165, 1.54) is 0 Å². The van der Waals surface area contributed by atoms with Gasteiger partial charge in [-0.2, -0.15) is 0 Å². The molecule has 0 aromatic heterocycles. The van der Waals surface area contributed by atoms with Gasteiger partial charge >= 0.3 is 0 Å². The van der Waals surface area contributed by atoms with Crippen molar-refractivity contribution in [1.82, 2.24) is 5.32 Å². The van der Waals surface area contributed by atoms with E-state index in [1.807, 2.05) is 45.0 Å². The zero-order valence-electron chi connectivity index (χ0n) is 12.9. The lowest BCUT2D eigenvalue weighted by Crippen LogP contribution is -2.62. The van der Waals surface area contributed by atoms with Gasteiger partial charge in [-0.05, 0) is 51.5 Å². The molecule has 2 unspecified atom stereocenters. The van der Waals surface area contributed by atoms with Gasteiger partial charge in [-0.1, -0.05) is 6.92 Å². The molecule has 114 valence electrons. The van der Waals surface area contributed by atoms with E-state index in [2.05, 4.69) is 5.32 Å². The summed E-state index contributed by atoms with van der Waals surface area (Å²) in [4.78, 5) is 26.0. The average molecular weight is 290 g/mol. The van der Waals surface area contributed by atoms with E-state index in [0.29, 0.717) is 6.42 Å². The molecule has 1 saturated heterocycles. The number of hydrogen-bond donors (Lipinski definition) is 1. The van der Waals surface area contributed by atoms with E-state index in [1.54, 1.807) is 11.8 Å². The molecular formula is C16H22N2O3. The summed E-state index contributed by atoms with van der Waals surface area (Å²) in [7, 11) is 0. The van der Waals surface area contributed by atoms with Crippen LogP contribution in [-0.4, -0.2) is 30.0 Å². The highest BCUT2D eigenvalue weighted by Gasteiger charge is 2.38. The third-order valence-electron chi connectivity index (χ3n) is 3.45. The Bertz CT molecular complexity index is 525. The van der Waals surface area contributed by atoms with Crippen LogP contribution in [-0.2, 0) is 9.59 Å². The van der Waals surface area contributed by atoms with Gasteiger partial charge in [0, 0.05) is 5.69 Å². The second kappa shape index (κ2) is 6.16. The fourth-order valence-electron chi connectivity index (χ4n) is 2.48. The van der Waals surface area contributed by atoms with Crippen LogP contribution in [0.3, 0.4) is 0 Å². The van der Waals surface area contributed by atoms with Crippen molar-refractivity contribution in [2.75, 3.05) is 4.90 Å². The molecular weight excluding hydrogens is 268 g/mol. The Balaban J connectivity index is 2.28. The highest BCUT2D eigenvalue weighted by molar-refractivity contribution is 6.08. The summed E-state index contributed by atoms with van der Waals surface area (Å²) in [6.45, 7) is 7.52. The number of piperazine rings is 1. The molecule has 1 fully saturated rings. The van der Waals surface area contributed by atoms with Crippen LogP contribution in [0.5, 0.6) is 5.75 Å². The number of ether oxygens (including phenoxy) is 1. The predicted molar refractivity (Wildman–Crippen MR) is 81.4 cm³/mol. The van der Waals surface area contributed by atoms with E-state index < -0.39 is 12.1 Å². The van der Waals surface area contributed by atoms with Gasteiger partial charge in [0.15, 0.2) is 0 Å². The molecule has 0 saturated carbocycles. The second-order valence-electron chi connectivity index (χ2n) is 5.52. The minimum atomic E-state index is -0.494. The lowest BCUT2D eigenvalue weighted by Gasteiger charge is -2.37. The number of amides is 2. The van der Waals surface area contributed by atoms with Crippen molar-refractivity contribution in [3.05, 3.63) is 24.3 Å². The van der Waals surface area contributed by atoms with E-state index in [-0.39, 0.29) is 17.9 Å². The molecule has 0 aliphatic carbocycles. The van der Waals surface area contributed by atoms with Crippen LogP contribution < -0.4 is 15.0 Å². The minimum Gasteiger partial charge on any atom is -0.491 e. The highest BCUT2D eigenvalue weighted by atomic mass is 16.5. The summed E-state index contributed by atoms with van der Waals surface area (Å²) in [5, 5.41) is 2.71. The molecule has 1 aliphatic rings. The van der Waals surface area contributed by atoms with Crippen molar-refractivity contribution in [3.8, 4) is 5.75 Å². The summed E-state index contributed by atoms with van der Waals surface area (Å²) >= 11 is 0. The second-order valence-corrected chi connectivity index (χ2v) is 5.52. The first-order valence-corrected chi connectivity index (χ1v) is 7.34. The van der Waals surface area contributed by atoms with Gasteiger partial charge in [-0.15, -0.1) is 0 Å². The summed E-state index contributed by atoms with van der Waals surface area (Å²) in [5.41, 5.74) is 0.727. The number of carbonyl (C=O) groups excluding carboxylic acids is 2. The Morgan fingerprint density at radius 3 is 2.38 bits per heavy atom. The highest BCUT2D eigenvalue weighted by Crippen LogP contribution is 2.25. The van der Waals surface area contributed by atoms with Crippen molar-refractivity contribution in [3.63, 3.8) is 0 Å². The molecule has 1 heterocycles. The van der Waals surface area contributed by atoms with Gasteiger partial charge in [0.25, 0.3) is 0 Å². The molecule has 2 amide bonds. The molecule has 1 N–H and O–H groups in total. The molecule has 5 nitrogen and oxygen atoms in total. The largest absolute Gasteiger partial charge is 0.491 e. The predicted octanol–water partition coefficient (Wildman–Crippen LogP) is 2.10. The van der Waals surface area contributed by atoms with Crippen molar-refractivity contribution in [1.29, 1.82) is 0 Å². The maximum Gasteiger partial charge on any atom is 0.250 e. The number of carbonyl (C=O) groups is 2. The zero-order valence-corrected chi connectivity index (χ0v) is 12.9. The Kier molecular flexibility index (Phi) is 4.50. The van der Waals surface area contributed by atoms with Gasteiger partial charge in [0.2, 0.25) is 11.8 Å². The standard InChI is InChI=1S/C16H22N2O3/c1-5-14-15(19)17-11(4)16(20)18(14)12-6-8-13(9-7-12)21-10(2)3/h6-11,14H,5H2,1-4H3,(H,17,19). The third-order valence-corrected chi connectivity index (χ3v) is 3.45. The van der Waals surface area contributed by atoms with E-state index in [4.69, 9.17) is 4.74 Å². The molecule has 1 aromatic rings. The van der Waals surface area contributed by atoms with Gasteiger partial charge in [-0.25, -0.2) is 0 Å². The maximum atomic E-state index is 12.4. The van der Waals surface area contributed by atoms with E-state index >= 15 is 0 Å². The van der Waals surface area contributed by atoms with E-state index in [9.17, 15) is 9.59 Å². The van der Waals surface area contributed by atoms with Crippen LogP contribution in [0.4, 0.5) is 5.69 Å². The molecule has 2 atom stereocenters. The Labute approximate surface area is 125 Å². The normalized spacial score (nSPS) is 22.4. The number of hydrogen-bond acceptors (Lipinski definition) is 3. The summed E-state index contributed by atoms with van der Waals surface area (Å²) < 4.78 is 5.60. The Morgan fingerprint density at radius 2 is 1.86 bits per heavy atom. The SMILES string of the molecule is CCC1C(=O)NC(C)C(=O)N1c1ccc(OC(C)C)cc1. The van der Waals surface area contributed by atoms with Crippen molar-refractivity contribution >= 4 is 17.5 Å². The minimum absolute atomic E-state index is 0.0843. The number of nitrogens with zero attached hydrogens (tertiary/aromatic N) is 1. The summed E-state index contributed by atoms with van der Waals surface area (Å²) in [6, 6.07) is 6.35. The first-order chi connectivity index (χ1) is 9.93. The number of rotatable bonds is 4. The number of anilines is 1. The fraction of sp³-hybridized carbons (Fsp3) is 0.500. The molecule has 1 aliphatic heterocycles. The molecule has 0 radical (unpaired) electrons. The maximum absolute atomic E-state index is 12.4. The summed E-state index contributed by atoms with van der Waals surface area (Å²) in [6.07, 6.45) is 0.677. The van der Waals surface area contributed by atoms with Crippen molar-refractivity contribution in [2.24, 2.45) is 0 Å². The lowest BCUT2D eigenvalue weighted by molar-refractivity contribution is -0.133. The molecule has 2 rings (SSSR count). The van der Waals surface area contributed by atoms with Crippen molar-refractivity contribution < 1.29 is 14.3 Å². The fourth-order valence-corrected chi connectivity index (χ4v) is 2.48. The molecule has 5 heteroatoms. The van der Waals surface area contributed by atoms with Crippen LogP contribution in [0.25, 0.3) is 0 Å². The first kappa shape index (κ1) is 15.4. The smallest absolute Gasteiger partial charge is 0.250 e. The lowest BCUT2D eigenvalue weighted by atomic mass is 10.0. The van der Waals surface area contributed by atoms with Crippen molar-refractivity contribution in [2.45, 2.75) is 52.3 Å². The molecule has 21 heavy (non-hydrogen) atoms. The van der Waals surface area contributed by atoms with Crippen LogP contribution in [0.1, 0.15) is 34.1 Å². The van der Waals surface area contributed by atoms with Gasteiger partial charge in [0.1, 0.15) is 17.8 Å². The first-order valence-electron chi connectivity index (χ1n) is 7.34. The topological polar surface area (TPSA) is 58.6 Å².